The van der Waals surface area contributed by atoms with Crippen LogP contribution in [-0.2, 0) is 19.6 Å². The lowest BCUT2D eigenvalue weighted by molar-refractivity contribution is -0.143. The molecule has 174 valence electrons. The van der Waals surface area contributed by atoms with Crippen LogP contribution in [0.3, 0.4) is 0 Å². The maximum atomic E-state index is 14.5. The molecule has 2 aromatic rings. The summed E-state index contributed by atoms with van der Waals surface area (Å²) in [5.41, 5.74) is 1.73. The number of halogens is 2. The van der Waals surface area contributed by atoms with Gasteiger partial charge in [0.1, 0.15) is 5.82 Å². The van der Waals surface area contributed by atoms with Gasteiger partial charge < -0.3 is 10.1 Å². The minimum atomic E-state index is -3.85. The molecule has 32 heavy (non-hydrogen) atoms. The van der Waals surface area contributed by atoms with Crippen LogP contribution in [0.25, 0.3) is 0 Å². The lowest BCUT2D eigenvalue weighted by Gasteiger charge is -2.22. The Bertz CT molecular complexity index is 1080. The van der Waals surface area contributed by atoms with Gasteiger partial charge in [-0.15, -0.1) is 0 Å². The molecular weight excluding hydrogens is 499 g/mol. The van der Waals surface area contributed by atoms with Crippen molar-refractivity contribution in [3.8, 4) is 0 Å². The molecule has 3 rings (SSSR count). The maximum Gasteiger partial charge on any atom is 0.305 e. The lowest BCUT2D eigenvalue weighted by atomic mass is 9.96. The topological polar surface area (TPSA) is 75.7 Å². The Morgan fingerprint density at radius 2 is 1.88 bits per heavy atom. The Labute approximate surface area is 197 Å². The first-order chi connectivity index (χ1) is 15.3. The number of benzene rings is 2. The van der Waals surface area contributed by atoms with E-state index in [1.165, 1.54) is 23.5 Å². The largest absolute Gasteiger partial charge is 0.466 e. The quantitative estimate of drug-likeness (QED) is 0.370. The van der Waals surface area contributed by atoms with Gasteiger partial charge >= 0.3 is 5.97 Å². The summed E-state index contributed by atoms with van der Waals surface area (Å²) in [4.78, 5) is 11.5. The average Bonchev–Trinajstić information content (AvgIpc) is 2.82. The molecule has 1 aliphatic heterocycles. The number of hydrogen-bond acceptors (Lipinski definition) is 5. The van der Waals surface area contributed by atoms with Crippen molar-refractivity contribution in [1.82, 2.24) is 5.32 Å². The third-order valence-corrected chi connectivity index (χ3v) is 7.99. The molecular formula is C23H28BrFN2O4S. The normalized spacial score (nSPS) is 16.8. The molecule has 0 amide bonds. The molecule has 0 aromatic heterocycles. The van der Waals surface area contributed by atoms with E-state index in [2.05, 4.69) is 21.2 Å². The van der Waals surface area contributed by atoms with E-state index in [0.717, 1.165) is 31.2 Å². The van der Waals surface area contributed by atoms with E-state index in [-0.39, 0.29) is 15.3 Å². The van der Waals surface area contributed by atoms with Crippen LogP contribution in [0.1, 0.15) is 56.2 Å². The van der Waals surface area contributed by atoms with Crippen LogP contribution >= 0.6 is 15.9 Å². The number of para-hydroxylation sites is 1. The number of nitrogens with zero attached hydrogens (tertiary/aromatic N) is 1. The zero-order valence-corrected chi connectivity index (χ0v) is 20.6. The SMILES string of the molecule is CCOC(=O)CCCCCCNC1c2ccccc2N(C)S(=O)(=O)c2cc(Br)c(F)cc21. The highest BCUT2D eigenvalue weighted by molar-refractivity contribution is 9.10. The second kappa shape index (κ2) is 10.8. The number of esters is 1. The Balaban J connectivity index is 1.78. The molecule has 0 radical (unpaired) electrons. The summed E-state index contributed by atoms with van der Waals surface area (Å²) >= 11 is 3.12. The van der Waals surface area contributed by atoms with Gasteiger partial charge in [0.25, 0.3) is 10.0 Å². The number of nitrogens with one attached hydrogen (secondary N) is 1. The zero-order valence-electron chi connectivity index (χ0n) is 18.2. The first kappa shape index (κ1) is 24.7. The Kier molecular flexibility index (Phi) is 8.30. The summed E-state index contributed by atoms with van der Waals surface area (Å²) in [5.74, 6) is -0.678. The van der Waals surface area contributed by atoms with Gasteiger partial charge in [-0.2, -0.15) is 0 Å². The van der Waals surface area contributed by atoms with Crippen molar-refractivity contribution in [2.75, 3.05) is 24.5 Å². The summed E-state index contributed by atoms with van der Waals surface area (Å²) in [7, 11) is -2.33. The average molecular weight is 527 g/mol. The van der Waals surface area contributed by atoms with Crippen molar-refractivity contribution in [3.63, 3.8) is 0 Å². The molecule has 0 saturated carbocycles. The summed E-state index contributed by atoms with van der Waals surface area (Å²) < 4.78 is 47.3. The molecule has 0 saturated heterocycles. The molecule has 0 spiro atoms. The summed E-state index contributed by atoms with van der Waals surface area (Å²) in [6, 6.07) is 9.43. The van der Waals surface area contributed by atoms with E-state index in [1.807, 2.05) is 12.1 Å². The van der Waals surface area contributed by atoms with Gasteiger partial charge in [0.2, 0.25) is 0 Å². The minimum absolute atomic E-state index is 0.0800. The number of fused-ring (bicyclic) bond motifs is 2. The molecule has 1 atom stereocenters. The number of ether oxygens (including phenoxy) is 1. The van der Waals surface area contributed by atoms with Crippen LogP contribution in [0.4, 0.5) is 10.1 Å². The van der Waals surface area contributed by atoms with E-state index in [9.17, 15) is 17.6 Å². The van der Waals surface area contributed by atoms with Crippen LogP contribution in [0.2, 0.25) is 0 Å². The molecule has 9 heteroatoms. The second-order valence-electron chi connectivity index (χ2n) is 7.69. The summed E-state index contributed by atoms with van der Waals surface area (Å²) in [6.07, 6.45) is 3.86. The molecule has 0 fully saturated rings. The number of rotatable bonds is 9. The van der Waals surface area contributed by atoms with Crippen molar-refractivity contribution >= 4 is 37.6 Å². The zero-order chi connectivity index (χ0) is 23.3. The third kappa shape index (κ3) is 5.32. The molecule has 1 unspecified atom stereocenters. The fraction of sp³-hybridized carbons (Fsp3) is 0.435. The molecule has 2 aromatic carbocycles. The number of hydrogen-bond donors (Lipinski definition) is 1. The number of unbranched alkanes of at least 4 members (excludes halogenated alkanes) is 3. The molecule has 1 N–H and O–H groups in total. The highest BCUT2D eigenvalue weighted by atomic mass is 79.9. The van der Waals surface area contributed by atoms with Crippen molar-refractivity contribution in [2.45, 2.75) is 50.0 Å². The van der Waals surface area contributed by atoms with Gasteiger partial charge in [0.05, 0.1) is 27.7 Å². The minimum Gasteiger partial charge on any atom is -0.466 e. The first-order valence-electron chi connectivity index (χ1n) is 10.7. The van der Waals surface area contributed by atoms with Crippen LogP contribution in [0.5, 0.6) is 0 Å². The standard InChI is InChI=1S/C23H28BrFN2O4S/c1-3-31-22(28)12-6-4-5-9-13-26-23-16-10-7-8-11-20(16)27(2)32(29,30)21-15-18(24)19(25)14-17(21)23/h7-8,10-11,14-15,23,26H,3-6,9,12-13H2,1-2H3. The number of carbonyl (C=O) groups excluding carboxylic acids is 1. The third-order valence-electron chi connectivity index (χ3n) is 5.55. The summed E-state index contributed by atoms with van der Waals surface area (Å²) in [6.45, 7) is 2.81. The lowest BCUT2D eigenvalue weighted by Crippen LogP contribution is -2.26. The van der Waals surface area contributed by atoms with Crippen LogP contribution in [0, 0.1) is 5.82 Å². The van der Waals surface area contributed by atoms with E-state index in [1.54, 1.807) is 19.1 Å². The summed E-state index contributed by atoms with van der Waals surface area (Å²) in [5, 5.41) is 3.43. The Morgan fingerprint density at radius 3 is 2.62 bits per heavy atom. The fourth-order valence-electron chi connectivity index (χ4n) is 3.90. The number of anilines is 1. The van der Waals surface area contributed by atoms with E-state index >= 15 is 0 Å². The molecule has 1 aliphatic rings. The van der Waals surface area contributed by atoms with E-state index in [4.69, 9.17) is 4.74 Å². The van der Waals surface area contributed by atoms with Gasteiger partial charge in [0, 0.05) is 13.5 Å². The highest BCUT2D eigenvalue weighted by Gasteiger charge is 2.35. The van der Waals surface area contributed by atoms with Crippen molar-refractivity contribution in [2.24, 2.45) is 0 Å². The maximum absolute atomic E-state index is 14.5. The van der Waals surface area contributed by atoms with Gasteiger partial charge in [-0.25, -0.2) is 12.8 Å². The van der Waals surface area contributed by atoms with E-state index in [0.29, 0.717) is 30.8 Å². The monoisotopic (exact) mass is 526 g/mol. The highest BCUT2D eigenvalue weighted by Crippen LogP contribution is 2.41. The van der Waals surface area contributed by atoms with Gasteiger partial charge in [-0.05, 0) is 71.6 Å². The Hall–Kier alpha value is -1.97. The molecule has 1 heterocycles. The van der Waals surface area contributed by atoms with E-state index < -0.39 is 21.9 Å². The Morgan fingerprint density at radius 1 is 1.16 bits per heavy atom. The molecule has 0 bridgehead atoms. The number of sulfonamides is 1. The number of carbonyl (C=O) groups is 1. The van der Waals surface area contributed by atoms with Crippen molar-refractivity contribution in [3.05, 3.63) is 57.8 Å². The first-order valence-corrected chi connectivity index (χ1v) is 13.0. The van der Waals surface area contributed by atoms with Crippen LogP contribution < -0.4 is 9.62 Å². The molecule has 6 nitrogen and oxygen atoms in total. The van der Waals surface area contributed by atoms with Crippen molar-refractivity contribution < 1.29 is 22.3 Å². The van der Waals surface area contributed by atoms with Gasteiger partial charge in [-0.3, -0.25) is 9.10 Å². The van der Waals surface area contributed by atoms with Crippen molar-refractivity contribution in [1.29, 1.82) is 0 Å². The fourth-order valence-corrected chi connectivity index (χ4v) is 5.86. The van der Waals surface area contributed by atoms with Crippen LogP contribution in [0.15, 0.2) is 45.8 Å². The smallest absolute Gasteiger partial charge is 0.305 e. The predicted octanol–water partition coefficient (Wildman–Crippen LogP) is 4.92. The van der Waals surface area contributed by atoms with Gasteiger partial charge in [0.15, 0.2) is 0 Å². The predicted molar refractivity (Wildman–Crippen MR) is 126 cm³/mol. The second-order valence-corrected chi connectivity index (χ2v) is 10.5. The van der Waals surface area contributed by atoms with Crippen LogP contribution in [-0.4, -0.2) is 34.6 Å². The van der Waals surface area contributed by atoms with Gasteiger partial charge in [-0.1, -0.05) is 31.0 Å². The molecule has 0 aliphatic carbocycles.